The molecule has 0 heterocycles. The van der Waals surface area contributed by atoms with E-state index in [4.69, 9.17) is 5.73 Å². The molecule has 0 amide bonds. The number of benzene rings is 2. The van der Waals surface area contributed by atoms with E-state index in [1.807, 2.05) is 6.07 Å². The molecule has 2 N–H and O–H groups in total. The lowest BCUT2D eigenvalue weighted by atomic mass is 10.0. The van der Waals surface area contributed by atoms with Crippen molar-refractivity contribution in [3.63, 3.8) is 0 Å². The first-order chi connectivity index (χ1) is 9.11. The van der Waals surface area contributed by atoms with Crippen molar-refractivity contribution in [2.24, 2.45) is 5.73 Å². The fourth-order valence-electron chi connectivity index (χ4n) is 1.88. The average molecular weight is 275 g/mol. The quantitative estimate of drug-likeness (QED) is 0.885. The summed E-state index contributed by atoms with van der Waals surface area (Å²) >= 11 is 1.55. The molecule has 2 aromatic carbocycles. The smallest absolute Gasteiger partial charge is 0.128 e. The molecule has 0 bridgehead atoms. The van der Waals surface area contributed by atoms with Crippen LogP contribution in [0.1, 0.15) is 30.9 Å². The number of nitrogens with two attached hydrogens (primary N) is 1. The molecule has 0 radical (unpaired) electrons. The van der Waals surface area contributed by atoms with E-state index in [-0.39, 0.29) is 12.4 Å². The Morgan fingerprint density at radius 2 is 1.79 bits per heavy atom. The van der Waals surface area contributed by atoms with Crippen LogP contribution in [0.2, 0.25) is 0 Å². The van der Waals surface area contributed by atoms with Crippen LogP contribution < -0.4 is 5.73 Å². The van der Waals surface area contributed by atoms with Gasteiger partial charge in [0.2, 0.25) is 0 Å². The Bertz CT molecular complexity index is 549. The van der Waals surface area contributed by atoms with E-state index in [0.29, 0.717) is 11.5 Å². The molecule has 0 saturated carbocycles. The Morgan fingerprint density at radius 3 is 2.37 bits per heavy atom. The van der Waals surface area contributed by atoms with Gasteiger partial charge < -0.3 is 5.73 Å². The van der Waals surface area contributed by atoms with Crippen molar-refractivity contribution < 1.29 is 4.39 Å². The zero-order chi connectivity index (χ0) is 13.8. The third-order valence-corrected chi connectivity index (χ3v) is 4.16. The summed E-state index contributed by atoms with van der Waals surface area (Å²) < 4.78 is 13.6. The van der Waals surface area contributed by atoms with Crippen molar-refractivity contribution in [3.8, 4) is 0 Å². The van der Waals surface area contributed by atoms with Gasteiger partial charge in [-0.1, -0.05) is 43.8 Å². The van der Waals surface area contributed by atoms with Gasteiger partial charge in [0.1, 0.15) is 5.82 Å². The second-order valence-corrected chi connectivity index (χ2v) is 5.86. The summed E-state index contributed by atoms with van der Waals surface area (Å²) in [6, 6.07) is 13.5. The van der Waals surface area contributed by atoms with Crippen molar-refractivity contribution in [2.75, 3.05) is 0 Å². The monoisotopic (exact) mass is 275 g/mol. The van der Waals surface area contributed by atoms with Gasteiger partial charge in [-0.25, -0.2) is 4.39 Å². The molecular weight excluding hydrogens is 257 g/mol. The van der Waals surface area contributed by atoms with Crippen LogP contribution in [0.3, 0.4) is 0 Å². The Hall–Kier alpha value is -1.32. The second-order valence-electron chi connectivity index (χ2n) is 4.75. The SMILES string of the molecule is CC(C)c1ccc(Sc2cccc(F)c2CN)cc1. The zero-order valence-electron chi connectivity index (χ0n) is 11.2. The molecule has 0 unspecified atom stereocenters. The minimum atomic E-state index is -0.230. The van der Waals surface area contributed by atoms with Crippen molar-refractivity contribution >= 4 is 11.8 Å². The summed E-state index contributed by atoms with van der Waals surface area (Å²) in [7, 11) is 0. The van der Waals surface area contributed by atoms with E-state index in [2.05, 4.69) is 38.1 Å². The molecule has 2 rings (SSSR count). The maximum Gasteiger partial charge on any atom is 0.128 e. The van der Waals surface area contributed by atoms with Gasteiger partial charge in [0.25, 0.3) is 0 Å². The van der Waals surface area contributed by atoms with Gasteiger partial charge in [-0.2, -0.15) is 0 Å². The van der Waals surface area contributed by atoms with Crippen molar-refractivity contribution in [1.82, 2.24) is 0 Å². The predicted octanol–water partition coefficient (Wildman–Crippen LogP) is 4.56. The maximum absolute atomic E-state index is 13.6. The highest BCUT2D eigenvalue weighted by Crippen LogP contribution is 2.32. The normalized spacial score (nSPS) is 11.0. The summed E-state index contributed by atoms with van der Waals surface area (Å²) in [5.41, 5.74) is 7.51. The van der Waals surface area contributed by atoms with Gasteiger partial charge in [0.05, 0.1) is 0 Å². The first-order valence-electron chi connectivity index (χ1n) is 6.37. The number of rotatable bonds is 4. The van der Waals surface area contributed by atoms with Gasteiger partial charge in [-0.3, -0.25) is 0 Å². The van der Waals surface area contributed by atoms with Crippen LogP contribution in [0.25, 0.3) is 0 Å². The molecule has 0 saturated heterocycles. The van der Waals surface area contributed by atoms with Gasteiger partial charge in [0.15, 0.2) is 0 Å². The van der Waals surface area contributed by atoms with Gasteiger partial charge >= 0.3 is 0 Å². The molecule has 1 nitrogen and oxygen atoms in total. The summed E-state index contributed by atoms with van der Waals surface area (Å²) in [4.78, 5) is 1.99. The first-order valence-corrected chi connectivity index (χ1v) is 7.18. The highest BCUT2D eigenvalue weighted by Gasteiger charge is 2.08. The van der Waals surface area contributed by atoms with Crippen LogP contribution in [0.4, 0.5) is 4.39 Å². The molecule has 0 spiro atoms. The van der Waals surface area contributed by atoms with Crippen molar-refractivity contribution in [2.45, 2.75) is 36.1 Å². The largest absolute Gasteiger partial charge is 0.326 e. The van der Waals surface area contributed by atoms with Crippen molar-refractivity contribution in [3.05, 3.63) is 59.4 Å². The molecule has 0 aliphatic heterocycles. The Morgan fingerprint density at radius 1 is 1.11 bits per heavy atom. The Kier molecular flexibility index (Phi) is 4.61. The third kappa shape index (κ3) is 3.37. The van der Waals surface area contributed by atoms with Crippen LogP contribution in [0.5, 0.6) is 0 Å². The molecule has 0 fully saturated rings. The summed E-state index contributed by atoms with van der Waals surface area (Å²) in [5.74, 6) is 0.291. The maximum atomic E-state index is 13.6. The van der Waals surface area contributed by atoms with E-state index in [1.165, 1.54) is 11.6 Å². The van der Waals surface area contributed by atoms with Gasteiger partial charge in [0, 0.05) is 21.9 Å². The lowest BCUT2D eigenvalue weighted by Crippen LogP contribution is -2.01. The van der Waals surface area contributed by atoms with Gasteiger partial charge in [-0.15, -0.1) is 0 Å². The molecule has 0 atom stereocenters. The fourth-order valence-corrected chi connectivity index (χ4v) is 2.86. The predicted molar refractivity (Wildman–Crippen MR) is 78.9 cm³/mol. The number of halogens is 1. The second kappa shape index (κ2) is 6.22. The third-order valence-electron chi connectivity index (χ3n) is 3.05. The minimum Gasteiger partial charge on any atom is -0.326 e. The first kappa shape index (κ1) is 14.1. The highest BCUT2D eigenvalue weighted by molar-refractivity contribution is 7.99. The topological polar surface area (TPSA) is 26.0 Å². The van der Waals surface area contributed by atoms with E-state index in [9.17, 15) is 4.39 Å². The highest BCUT2D eigenvalue weighted by atomic mass is 32.2. The molecular formula is C16H18FNS. The van der Waals surface area contributed by atoms with Crippen LogP contribution in [0, 0.1) is 5.82 Å². The molecule has 3 heteroatoms. The average Bonchev–Trinajstić information content (AvgIpc) is 2.39. The molecule has 0 aliphatic rings. The molecule has 2 aromatic rings. The van der Waals surface area contributed by atoms with Crippen LogP contribution >= 0.6 is 11.8 Å². The summed E-state index contributed by atoms with van der Waals surface area (Å²) in [5, 5.41) is 0. The molecule has 100 valence electrons. The Balaban J connectivity index is 2.24. The van der Waals surface area contributed by atoms with Crippen LogP contribution in [-0.4, -0.2) is 0 Å². The van der Waals surface area contributed by atoms with Crippen LogP contribution in [-0.2, 0) is 6.54 Å². The summed E-state index contributed by atoms with van der Waals surface area (Å²) in [6.45, 7) is 4.56. The van der Waals surface area contributed by atoms with Crippen LogP contribution in [0.15, 0.2) is 52.3 Å². The molecule has 19 heavy (non-hydrogen) atoms. The molecule has 0 aliphatic carbocycles. The number of hydrogen-bond donors (Lipinski definition) is 1. The van der Waals surface area contributed by atoms with E-state index in [0.717, 1.165) is 9.79 Å². The zero-order valence-corrected chi connectivity index (χ0v) is 12.0. The van der Waals surface area contributed by atoms with Gasteiger partial charge in [-0.05, 0) is 35.7 Å². The van der Waals surface area contributed by atoms with E-state index < -0.39 is 0 Å². The van der Waals surface area contributed by atoms with E-state index in [1.54, 1.807) is 17.8 Å². The molecule has 0 aromatic heterocycles. The minimum absolute atomic E-state index is 0.221. The lowest BCUT2D eigenvalue weighted by molar-refractivity contribution is 0.604. The number of hydrogen-bond acceptors (Lipinski definition) is 2. The van der Waals surface area contributed by atoms with E-state index >= 15 is 0 Å². The Labute approximate surface area is 118 Å². The lowest BCUT2D eigenvalue weighted by Gasteiger charge is -2.10. The van der Waals surface area contributed by atoms with Crippen molar-refractivity contribution in [1.29, 1.82) is 0 Å². The standard InChI is InChI=1S/C16H18FNS/c1-11(2)12-6-8-13(9-7-12)19-16-5-3-4-15(17)14(16)10-18/h3-9,11H,10,18H2,1-2H3. The fraction of sp³-hybridized carbons (Fsp3) is 0.250. The summed E-state index contributed by atoms with van der Waals surface area (Å²) in [6.07, 6.45) is 0.